The van der Waals surface area contributed by atoms with Gasteiger partial charge in [-0.2, -0.15) is 0 Å². The number of aliphatic hydroxyl groups is 2. The van der Waals surface area contributed by atoms with Gasteiger partial charge in [0.15, 0.2) is 0 Å². The van der Waals surface area contributed by atoms with Crippen molar-refractivity contribution in [1.82, 2.24) is 10.3 Å². The van der Waals surface area contributed by atoms with Gasteiger partial charge >= 0.3 is 13.2 Å². The standard InChI is InChI=1S/C20H33BN2O6/c1-18(2,3)27-17(26)22-11-10-15(24)16(25)14-9-8-13(12-23-14)21-28-19(4,5)20(6,7)29-21/h8-9,12,15-16,24-25H,10-11H2,1-7H3,(H,22,26). The molecule has 0 spiro atoms. The molecule has 1 aliphatic heterocycles. The fraction of sp³-hybridized carbons (Fsp3) is 0.700. The Bertz CT molecular complexity index is 686. The Balaban J connectivity index is 1.88. The van der Waals surface area contributed by atoms with Crippen molar-refractivity contribution < 1.29 is 29.1 Å². The number of aliphatic hydroxyl groups excluding tert-OH is 2. The first-order valence-corrected chi connectivity index (χ1v) is 9.86. The number of rotatable bonds is 6. The summed E-state index contributed by atoms with van der Waals surface area (Å²) in [4.78, 5) is 15.9. The summed E-state index contributed by atoms with van der Waals surface area (Å²) in [6, 6.07) is 3.40. The zero-order valence-electron chi connectivity index (χ0n) is 18.4. The van der Waals surface area contributed by atoms with Crippen LogP contribution in [0.1, 0.15) is 66.7 Å². The van der Waals surface area contributed by atoms with Crippen LogP contribution in [0.2, 0.25) is 0 Å². The van der Waals surface area contributed by atoms with Crippen LogP contribution in [0, 0.1) is 0 Å². The molecule has 1 amide bonds. The maximum absolute atomic E-state index is 11.6. The van der Waals surface area contributed by atoms with E-state index in [0.29, 0.717) is 5.69 Å². The Hall–Kier alpha value is -1.68. The molecule has 2 atom stereocenters. The molecule has 2 rings (SSSR count). The number of ether oxygens (including phenoxy) is 1. The molecule has 9 heteroatoms. The SMILES string of the molecule is CC(C)(C)OC(=O)NCCC(O)C(O)c1ccc(B2OC(C)(C)C(C)(C)O2)cn1. The Morgan fingerprint density at radius 2 is 1.79 bits per heavy atom. The minimum atomic E-state index is -1.18. The van der Waals surface area contributed by atoms with E-state index in [9.17, 15) is 15.0 Å². The van der Waals surface area contributed by atoms with E-state index in [1.807, 2.05) is 27.7 Å². The second-order valence-corrected chi connectivity index (χ2v) is 9.33. The lowest BCUT2D eigenvalue weighted by atomic mass is 9.80. The molecule has 1 aliphatic rings. The van der Waals surface area contributed by atoms with Crippen molar-refractivity contribution in [2.24, 2.45) is 0 Å². The lowest BCUT2D eigenvalue weighted by Crippen LogP contribution is -2.41. The fourth-order valence-electron chi connectivity index (χ4n) is 2.70. The van der Waals surface area contributed by atoms with Crippen LogP contribution in [0.5, 0.6) is 0 Å². The van der Waals surface area contributed by atoms with Crippen LogP contribution in [0.25, 0.3) is 0 Å². The summed E-state index contributed by atoms with van der Waals surface area (Å²) < 4.78 is 17.1. The van der Waals surface area contributed by atoms with E-state index in [1.54, 1.807) is 39.1 Å². The van der Waals surface area contributed by atoms with Crippen LogP contribution in [-0.2, 0) is 14.0 Å². The highest BCUT2D eigenvalue weighted by atomic mass is 16.7. The summed E-state index contributed by atoms with van der Waals surface area (Å²) in [7, 11) is -0.540. The van der Waals surface area contributed by atoms with Crippen LogP contribution in [0.4, 0.5) is 4.79 Å². The molecule has 0 radical (unpaired) electrons. The molecule has 1 aromatic heterocycles. The van der Waals surface area contributed by atoms with Crippen molar-refractivity contribution in [3.63, 3.8) is 0 Å². The Labute approximate surface area is 173 Å². The monoisotopic (exact) mass is 408 g/mol. The second-order valence-electron chi connectivity index (χ2n) is 9.33. The predicted octanol–water partition coefficient (Wildman–Crippen LogP) is 1.69. The third kappa shape index (κ3) is 6.15. The van der Waals surface area contributed by atoms with E-state index in [2.05, 4.69) is 10.3 Å². The lowest BCUT2D eigenvalue weighted by Gasteiger charge is -2.32. The first kappa shape index (κ1) is 23.6. The van der Waals surface area contributed by atoms with Gasteiger partial charge in [-0.3, -0.25) is 4.98 Å². The van der Waals surface area contributed by atoms with Gasteiger partial charge in [0, 0.05) is 18.2 Å². The van der Waals surface area contributed by atoms with Crippen LogP contribution < -0.4 is 10.8 Å². The number of alkyl carbamates (subject to hydrolysis) is 1. The average Bonchev–Trinajstić information content (AvgIpc) is 2.80. The number of hydrogen-bond acceptors (Lipinski definition) is 7. The van der Waals surface area contributed by atoms with Gasteiger partial charge < -0.3 is 29.6 Å². The molecular weight excluding hydrogens is 375 g/mol. The van der Waals surface area contributed by atoms with Crippen LogP contribution in [0.15, 0.2) is 18.3 Å². The highest BCUT2D eigenvalue weighted by molar-refractivity contribution is 6.62. The van der Waals surface area contributed by atoms with Crippen LogP contribution >= 0.6 is 0 Å². The van der Waals surface area contributed by atoms with Crippen molar-refractivity contribution in [2.75, 3.05) is 6.54 Å². The van der Waals surface area contributed by atoms with Crippen LogP contribution in [-0.4, -0.2) is 57.9 Å². The topological polar surface area (TPSA) is 110 Å². The van der Waals surface area contributed by atoms with E-state index in [1.165, 1.54) is 0 Å². The molecule has 162 valence electrons. The highest BCUT2D eigenvalue weighted by Gasteiger charge is 2.51. The van der Waals surface area contributed by atoms with E-state index < -0.39 is 42.2 Å². The van der Waals surface area contributed by atoms with E-state index in [-0.39, 0.29) is 13.0 Å². The molecule has 3 N–H and O–H groups in total. The van der Waals surface area contributed by atoms with E-state index in [0.717, 1.165) is 5.46 Å². The van der Waals surface area contributed by atoms with Gasteiger partial charge in [-0.25, -0.2) is 4.79 Å². The summed E-state index contributed by atoms with van der Waals surface area (Å²) in [5.74, 6) is 0. The maximum atomic E-state index is 11.6. The quantitative estimate of drug-likeness (QED) is 0.615. The Morgan fingerprint density at radius 3 is 2.28 bits per heavy atom. The zero-order chi connectivity index (χ0) is 22.0. The summed E-state index contributed by atoms with van der Waals surface area (Å²) in [6.45, 7) is 13.4. The van der Waals surface area contributed by atoms with Crippen molar-refractivity contribution in [2.45, 2.75) is 83.9 Å². The number of nitrogens with zero attached hydrogens (tertiary/aromatic N) is 1. The highest BCUT2D eigenvalue weighted by Crippen LogP contribution is 2.36. The minimum Gasteiger partial charge on any atom is -0.444 e. The molecule has 2 unspecified atom stereocenters. The molecule has 1 aromatic rings. The molecular formula is C20H33BN2O6. The van der Waals surface area contributed by atoms with Crippen molar-refractivity contribution in [3.05, 3.63) is 24.0 Å². The smallest absolute Gasteiger partial charge is 0.444 e. The molecule has 0 aromatic carbocycles. The van der Waals surface area contributed by atoms with Gasteiger partial charge in [-0.1, -0.05) is 6.07 Å². The molecule has 8 nitrogen and oxygen atoms in total. The maximum Gasteiger partial charge on any atom is 0.496 e. The van der Waals surface area contributed by atoms with Gasteiger partial charge in [-0.05, 0) is 61.0 Å². The van der Waals surface area contributed by atoms with Crippen molar-refractivity contribution in [1.29, 1.82) is 0 Å². The van der Waals surface area contributed by atoms with Crippen LogP contribution in [0.3, 0.4) is 0 Å². The normalized spacial score (nSPS) is 20.2. The molecule has 1 fully saturated rings. The van der Waals surface area contributed by atoms with E-state index >= 15 is 0 Å². The molecule has 0 bridgehead atoms. The molecule has 1 saturated heterocycles. The third-order valence-electron chi connectivity index (χ3n) is 5.11. The van der Waals surface area contributed by atoms with Crippen molar-refractivity contribution >= 4 is 18.7 Å². The molecule has 0 saturated carbocycles. The number of carbonyl (C=O) groups is 1. The zero-order valence-corrected chi connectivity index (χ0v) is 18.4. The number of carbonyl (C=O) groups excluding carboxylic acids is 1. The molecule has 0 aliphatic carbocycles. The number of nitrogens with one attached hydrogen (secondary N) is 1. The Kier molecular flexibility index (Phi) is 6.99. The van der Waals surface area contributed by atoms with Gasteiger partial charge in [-0.15, -0.1) is 0 Å². The fourth-order valence-corrected chi connectivity index (χ4v) is 2.70. The first-order valence-electron chi connectivity index (χ1n) is 9.86. The van der Waals surface area contributed by atoms with Gasteiger partial charge in [0.25, 0.3) is 0 Å². The minimum absolute atomic E-state index is 0.154. The largest absolute Gasteiger partial charge is 0.496 e. The number of aromatic nitrogens is 1. The average molecular weight is 408 g/mol. The third-order valence-corrected chi connectivity index (χ3v) is 5.11. The summed E-state index contributed by atoms with van der Waals surface area (Å²) in [5, 5.41) is 23.1. The predicted molar refractivity (Wildman–Crippen MR) is 110 cm³/mol. The lowest BCUT2D eigenvalue weighted by molar-refractivity contribution is 0.00578. The molecule has 29 heavy (non-hydrogen) atoms. The van der Waals surface area contributed by atoms with E-state index in [4.69, 9.17) is 14.0 Å². The summed E-state index contributed by atoms with van der Waals surface area (Å²) in [5.41, 5.74) is -0.429. The molecule has 2 heterocycles. The number of amides is 1. The number of hydrogen-bond donors (Lipinski definition) is 3. The number of pyridine rings is 1. The summed E-state index contributed by atoms with van der Waals surface area (Å²) in [6.07, 6.45) is -1.10. The van der Waals surface area contributed by atoms with Gasteiger partial charge in [0.05, 0.1) is 23.0 Å². The van der Waals surface area contributed by atoms with Gasteiger partial charge in [0.2, 0.25) is 0 Å². The second kappa shape index (κ2) is 8.59. The Morgan fingerprint density at radius 1 is 1.21 bits per heavy atom. The van der Waals surface area contributed by atoms with Crippen molar-refractivity contribution in [3.8, 4) is 0 Å². The summed E-state index contributed by atoms with van der Waals surface area (Å²) >= 11 is 0. The van der Waals surface area contributed by atoms with Gasteiger partial charge in [0.1, 0.15) is 11.7 Å². The first-order chi connectivity index (χ1) is 13.2.